The zero-order chi connectivity index (χ0) is 16.4. The van der Waals surface area contributed by atoms with E-state index in [0.29, 0.717) is 17.1 Å². The van der Waals surface area contributed by atoms with E-state index >= 15 is 0 Å². The molecule has 0 atom stereocenters. The molecule has 3 heteroatoms. The zero-order valence-electron chi connectivity index (χ0n) is 12.8. The van der Waals surface area contributed by atoms with E-state index in [9.17, 15) is 4.79 Å². The topological polar surface area (TPSA) is 39.4 Å². The molecule has 3 aromatic rings. The normalized spacial score (nSPS) is 15.4. The van der Waals surface area contributed by atoms with Crippen LogP contribution in [-0.4, -0.2) is 5.97 Å². The van der Waals surface area contributed by atoms with Crippen molar-refractivity contribution >= 4 is 17.8 Å². The SMILES string of the molecule is O=C1OC(c2ccc(-c3ccccc3)cc2)=C/C1=C\c1ccco1. The summed E-state index contributed by atoms with van der Waals surface area (Å²) in [6.07, 6.45) is 4.98. The molecule has 0 amide bonds. The summed E-state index contributed by atoms with van der Waals surface area (Å²) in [5.74, 6) is 0.810. The van der Waals surface area contributed by atoms with Crippen LogP contribution in [0.15, 0.2) is 89.1 Å². The van der Waals surface area contributed by atoms with Crippen LogP contribution in [0, 0.1) is 0 Å². The van der Waals surface area contributed by atoms with E-state index in [-0.39, 0.29) is 5.97 Å². The zero-order valence-corrected chi connectivity index (χ0v) is 12.8. The number of benzene rings is 2. The molecule has 1 aromatic heterocycles. The number of furan rings is 1. The molecule has 0 radical (unpaired) electrons. The predicted molar refractivity (Wildman–Crippen MR) is 92.6 cm³/mol. The van der Waals surface area contributed by atoms with Crippen LogP contribution < -0.4 is 0 Å². The highest BCUT2D eigenvalue weighted by Crippen LogP contribution is 2.29. The lowest BCUT2D eigenvalue weighted by Gasteiger charge is -2.04. The molecule has 0 unspecified atom stereocenters. The van der Waals surface area contributed by atoms with E-state index in [1.807, 2.05) is 42.5 Å². The number of hydrogen-bond acceptors (Lipinski definition) is 3. The maximum Gasteiger partial charge on any atom is 0.343 e. The Morgan fingerprint density at radius 1 is 0.750 bits per heavy atom. The molecule has 0 saturated heterocycles. The molecule has 0 saturated carbocycles. The van der Waals surface area contributed by atoms with Crippen molar-refractivity contribution < 1.29 is 13.9 Å². The van der Waals surface area contributed by atoms with Gasteiger partial charge in [0.1, 0.15) is 11.5 Å². The predicted octanol–water partition coefficient (Wildman–Crippen LogP) is 4.93. The van der Waals surface area contributed by atoms with Crippen LogP contribution in [0.1, 0.15) is 11.3 Å². The minimum Gasteiger partial charge on any atom is -0.465 e. The Morgan fingerprint density at radius 2 is 1.46 bits per heavy atom. The summed E-state index contributed by atoms with van der Waals surface area (Å²) in [6, 6.07) is 21.7. The molecule has 0 spiro atoms. The Morgan fingerprint density at radius 3 is 2.17 bits per heavy atom. The monoisotopic (exact) mass is 314 g/mol. The number of carbonyl (C=O) groups is 1. The lowest BCUT2D eigenvalue weighted by molar-refractivity contribution is -0.130. The summed E-state index contributed by atoms with van der Waals surface area (Å²) in [6.45, 7) is 0. The first-order valence-corrected chi connectivity index (χ1v) is 7.64. The average Bonchev–Trinajstić information content (AvgIpc) is 3.27. The summed E-state index contributed by atoms with van der Waals surface area (Å²) >= 11 is 0. The molecule has 24 heavy (non-hydrogen) atoms. The molecule has 2 aromatic carbocycles. The van der Waals surface area contributed by atoms with Crippen molar-refractivity contribution in [1.82, 2.24) is 0 Å². The standard InChI is InChI=1S/C21H14O3/c22-21-18(13-19-7-4-12-23-19)14-20(24-21)17-10-8-16(9-11-17)15-5-2-1-3-6-15/h1-14H/b18-13+. The highest BCUT2D eigenvalue weighted by atomic mass is 16.5. The Bertz CT molecular complexity index is 915. The van der Waals surface area contributed by atoms with Crippen LogP contribution in [0.25, 0.3) is 23.0 Å². The fraction of sp³-hybridized carbons (Fsp3) is 0. The van der Waals surface area contributed by atoms with Gasteiger partial charge in [-0.3, -0.25) is 0 Å². The van der Waals surface area contributed by atoms with E-state index < -0.39 is 0 Å². The summed E-state index contributed by atoms with van der Waals surface area (Å²) in [5.41, 5.74) is 3.62. The van der Waals surface area contributed by atoms with Gasteiger partial charge in [-0.15, -0.1) is 0 Å². The summed E-state index contributed by atoms with van der Waals surface area (Å²) < 4.78 is 10.6. The Kier molecular flexibility index (Phi) is 3.60. The van der Waals surface area contributed by atoms with Crippen molar-refractivity contribution in [2.75, 3.05) is 0 Å². The number of ether oxygens (including phenoxy) is 1. The van der Waals surface area contributed by atoms with Crippen LogP contribution in [0.3, 0.4) is 0 Å². The minimum atomic E-state index is -0.367. The van der Waals surface area contributed by atoms with Crippen molar-refractivity contribution in [3.8, 4) is 11.1 Å². The van der Waals surface area contributed by atoms with Crippen LogP contribution >= 0.6 is 0 Å². The van der Waals surface area contributed by atoms with Crippen molar-refractivity contribution in [2.24, 2.45) is 0 Å². The summed E-state index contributed by atoms with van der Waals surface area (Å²) in [4.78, 5) is 12.0. The lowest BCUT2D eigenvalue weighted by Crippen LogP contribution is -1.96. The molecule has 2 heterocycles. The third-order valence-electron chi connectivity index (χ3n) is 3.84. The third kappa shape index (κ3) is 2.79. The lowest BCUT2D eigenvalue weighted by atomic mass is 10.0. The van der Waals surface area contributed by atoms with Crippen LogP contribution in [0.4, 0.5) is 0 Å². The Balaban J connectivity index is 1.61. The molecule has 1 aliphatic rings. The quantitative estimate of drug-likeness (QED) is 0.508. The minimum absolute atomic E-state index is 0.367. The van der Waals surface area contributed by atoms with Gasteiger partial charge in [-0.05, 0) is 35.4 Å². The first kappa shape index (κ1) is 14.3. The molecule has 0 aliphatic carbocycles. The van der Waals surface area contributed by atoms with E-state index in [2.05, 4.69) is 12.1 Å². The van der Waals surface area contributed by atoms with Crippen molar-refractivity contribution in [2.45, 2.75) is 0 Å². The highest BCUT2D eigenvalue weighted by Gasteiger charge is 2.22. The largest absolute Gasteiger partial charge is 0.465 e. The fourth-order valence-electron chi connectivity index (χ4n) is 2.62. The summed E-state index contributed by atoms with van der Waals surface area (Å²) in [7, 11) is 0. The second-order valence-corrected chi connectivity index (χ2v) is 5.46. The van der Waals surface area contributed by atoms with Crippen LogP contribution in [-0.2, 0) is 9.53 Å². The van der Waals surface area contributed by atoms with Crippen molar-refractivity contribution in [1.29, 1.82) is 0 Å². The highest BCUT2D eigenvalue weighted by molar-refractivity contribution is 6.04. The first-order chi connectivity index (χ1) is 11.8. The molecule has 0 fully saturated rings. The number of hydrogen-bond donors (Lipinski definition) is 0. The van der Waals surface area contributed by atoms with Crippen LogP contribution in [0.5, 0.6) is 0 Å². The first-order valence-electron chi connectivity index (χ1n) is 7.64. The fourth-order valence-corrected chi connectivity index (χ4v) is 2.62. The van der Waals surface area contributed by atoms with Gasteiger partial charge in [0.05, 0.1) is 11.8 Å². The summed E-state index contributed by atoms with van der Waals surface area (Å²) in [5, 5.41) is 0. The number of carbonyl (C=O) groups excluding carboxylic acids is 1. The number of rotatable bonds is 3. The molecule has 0 bridgehead atoms. The number of esters is 1. The molecule has 3 nitrogen and oxygen atoms in total. The van der Waals surface area contributed by atoms with Gasteiger partial charge < -0.3 is 9.15 Å². The smallest absolute Gasteiger partial charge is 0.343 e. The molecule has 116 valence electrons. The van der Waals surface area contributed by atoms with Gasteiger partial charge >= 0.3 is 5.97 Å². The Labute approximate surface area is 139 Å². The van der Waals surface area contributed by atoms with E-state index in [1.54, 1.807) is 30.5 Å². The van der Waals surface area contributed by atoms with Crippen molar-refractivity contribution in [3.05, 3.63) is 96.0 Å². The molecule has 1 aliphatic heterocycles. The third-order valence-corrected chi connectivity index (χ3v) is 3.84. The van der Waals surface area contributed by atoms with Gasteiger partial charge in [0.2, 0.25) is 0 Å². The second-order valence-electron chi connectivity index (χ2n) is 5.46. The van der Waals surface area contributed by atoms with Gasteiger partial charge in [-0.1, -0.05) is 54.6 Å². The molecule has 4 rings (SSSR count). The van der Waals surface area contributed by atoms with E-state index in [1.165, 1.54) is 0 Å². The average molecular weight is 314 g/mol. The van der Waals surface area contributed by atoms with Crippen molar-refractivity contribution in [3.63, 3.8) is 0 Å². The van der Waals surface area contributed by atoms with Gasteiger partial charge in [-0.2, -0.15) is 0 Å². The number of cyclic esters (lactones) is 1. The van der Waals surface area contributed by atoms with Gasteiger partial charge in [0.25, 0.3) is 0 Å². The molecular formula is C21H14O3. The van der Waals surface area contributed by atoms with E-state index in [0.717, 1.165) is 16.7 Å². The maximum atomic E-state index is 12.0. The molecule has 0 N–H and O–H groups in total. The van der Waals surface area contributed by atoms with Gasteiger partial charge in [0, 0.05) is 5.56 Å². The van der Waals surface area contributed by atoms with Gasteiger partial charge in [-0.25, -0.2) is 4.79 Å². The molecular weight excluding hydrogens is 300 g/mol. The van der Waals surface area contributed by atoms with E-state index in [4.69, 9.17) is 9.15 Å². The van der Waals surface area contributed by atoms with Crippen LogP contribution in [0.2, 0.25) is 0 Å². The maximum absolute atomic E-state index is 12.0. The second kappa shape index (κ2) is 6.05. The van der Waals surface area contributed by atoms with Gasteiger partial charge in [0.15, 0.2) is 0 Å². The Hall–Kier alpha value is -3.33.